The van der Waals surface area contributed by atoms with Crippen LogP contribution in [-0.4, -0.2) is 60.7 Å². The van der Waals surface area contributed by atoms with Gasteiger partial charge in [0.15, 0.2) is 0 Å². The number of nitrogens with zero attached hydrogens (tertiary/aromatic N) is 3. The molecule has 0 saturated carbocycles. The van der Waals surface area contributed by atoms with Gasteiger partial charge in [-0.25, -0.2) is 4.39 Å². The molecule has 0 spiro atoms. The Bertz CT molecular complexity index is 844. The van der Waals surface area contributed by atoms with Crippen LogP contribution in [0.3, 0.4) is 0 Å². The smallest absolute Gasteiger partial charge is 0.237 e. The number of benzene rings is 2. The van der Waals surface area contributed by atoms with Crippen LogP contribution in [0.15, 0.2) is 48.5 Å². The highest BCUT2D eigenvalue weighted by atomic mass is 35.5. The molecule has 4 nitrogen and oxygen atoms in total. The Labute approximate surface area is 174 Å². The number of thioether (sulfide) groups is 1. The molecule has 2 fully saturated rings. The SMILES string of the molecule is O=C(CN1CCN(c2ccccc2Cl)CC1)N1CCS[C@H]1c1ccccc1F. The largest absolute Gasteiger partial charge is 0.368 e. The zero-order valence-corrected chi connectivity index (χ0v) is 17.1. The quantitative estimate of drug-likeness (QED) is 0.751. The second kappa shape index (κ2) is 8.72. The van der Waals surface area contributed by atoms with Crippen molar-refractivity contribution in [3.8, 4) is 0 Å². The van der Waals surface area contributed by atoms with E-state index in [2.05, 4.69) is 9.80 Å². The monoisotopic (exact) mass is 419 g/mol. The highest BCUT2D eigenvalue weighted by Crippen LogP contribution is 2.39. The Kier molecular flexibility index (Phi) is 6.09. The van der Waals surface area contributed by atoms with Crippen molar-refractivity contribution in [3.63, 3.8) is 0 Å². The molecule has 7 heteroatoms. The molecule has 2 saturated heterocycles. The fourth-order valence-corrected chi connectivity index (χ4v) is 5.35. The molecule has 0 bridgehead atoms. The number of rotatable bonds is 4. The van der Waals surface area contributed by atoms with Gasteiger partial charge in [-0.3, -0.25) is 9.69 Å². The Hall–Kier alpha value is -1.76. The van der Waals surface area contributed by atoms with Crippen LogP contribution >= 0.6 is 23.4 Å². The minimum Gasteiger partial charge on any atom is -0.368 e. The predicted octanol–water partition coefficient (Wildman–Crippen LogP) is 3.88. The van der Waals surface area contributed by atoms with Crippen LogP contribution in [0.4, 0.5) is 10.1 Å². The Balaban J connectivity index is 1.36. The molecule has 2 heterocycles. The standard InChI is InChI=1S/C21H23ClFN3OS/c22-17-6-2-4-8-19(17)25-11-9-24(10-12-25)15-20(27)26-13-14-28-21(26)16-5-1-3-7-18(16)23/h1-8,21H,9-15H2/t21-/m0/s1. The van der Waals surface area contributed by atoms with Crippen molar-refractivity contribution in [3.05, 3.63) is 64.9 Å². The van der Waals surface area contributed by atoms with Crippen LogP contribution in [0.1, 0.15) is 10.9 Å². The van der Waals surface area contributed by atoms with Gasteiger partial charge < -0.3 is 9.80 Å². The summed E-state index contributed by atoms with van der Waals surface area (Å²) in [5.74, 6) is 0.669. The summed E-state index contributed by atoms with van der Waals surface area (Å²) in [6.07, 6.45) is 0. The zero-order chi connectivity index (χ0) is 19.5. The average Bonchev–Trinajstić information content (AvgIpc) is 3.19. The molecule has 0 aromatic heterocycles. The lowest BCUT2D eigenvalue weighted by atomic mass is 10.2. The molecule has 2 aliphatic heterocycles. The van der Waals surface area contributed by atoms with Crippen LogP contribution in [0.25, 0.3) is 0 Å². The third-order valence-corrected chi connectivity index (χ3v) is 6.87. The van der Waals surface area contributed by atoms with E-state index in [1.54, 1.807) is 23.9 Å². The van der Waals surface area contributed by atoms with Gasteiger partial charge in [0.1, 0.15) is 11.2 Å². The first-order valence-electron chi connectivity index (χ1n) is 9.51. The molecule has 1 atom stereocenters. The van der Waals surface area contributed by atoms with E-state index in [1.807, 2.05) is 35.2 Å². The van der Waals surface area contributed by atoms with Crippen molar-refractivity contribution in [2.24, 2.45) is 0 Å². The first-order chi connectivity index (χ1) is 13.6. The first-order valence-corrected chi connectivity index (χ1v) is 10.9. The van der Waals surface area contributed by atoms with Gasteiger partial charge in [0.25, 0.3) is 0 Å². The van der Waals surface area contributed by atoms with E-state index < -0.39 is 0 Å². The number of halogens is 2. The molecule has 0 N–H and O–H groups in total. The van der Waals surface area contributed by atoms with Gasteiger partial charge in [-0.15, -0.1) is 11.8 Å². The van der Waals surface area contributed by atoms with E-state index in [-0.39, 0.29) is 17.1 Å². The van der Waals surface area contributed by atoms with Crippen molar-refractivity contribution >= 4 is 35.0 Å². The normalized spacial score (nSPS) is 20.6. The third-order valence-electron chi connectivity index (χ3n) is 5.31. The van der Waals surface area contributed by atoms with Crippen molar-refractivity contribution in [1.29, 1.82) is 0 Å². The summed E-state index contributed by atoms with van der Waals surface area (Å²) in [4.78, 5) is 19.2. The summed E-state index contributed by atoms with van der Waals surface area (Å²) in [5, 5.41) is 0.534. The van der Waals surface area contributed by atoms with E-state index in [9.17, 15) is 9.18 Å². The molecular weight excluding hydrogens is 397 g/mol. The number of anilines is 1. The molecule has 0 radical (unpaired) electrons. The lowest BCUT2D eigenvalue weighted by Gasteiger charge is -2.37. The maximum absolute atomic E-state index is 14.2. The molecule has 0 aliphatic carbocycles. The Morgan fingerprint density at radius 1 is 1.04 bits per heavy atom. The molecule has 2 aromatic carbocycles. The number of carbonyl (C=O) groups is 1. The molecular formula is C21H23ClFN3OS. The highest BCUT2D eigenvalue weighted by molar-refractivity contribution is 7.99. The van der Waals surface area contributed by atoms with E-state index in [0.29, 0.717) is 18.7 Å². The fourth-order valence-electron chi connectivity index (χ4n) is 3.80. The van der Waals surface area contributed by atoms with Crippen LogP contribution in [0, 0.1) is 5.82 Å². The van der Waals surface area contributed by atoms with Crippen molar-refractivity contribution in [2.75, 3.05) is 49.9 Å². The summed E-state index contributed by atoms with van der Waals surface area (Å²) in [6, 6.07) is 14.6. The van der Waals surface area contributed by atoms with Gasteiger partial charge in [-0.05, 0) is 18.2 Å². The van der Waals surface area contributed by atoms with Crippen molar-refractivity contribution < 1.29 is 9.18 Å². The fraction of sp³-hybridized carbons (Fsp3) is 0.381. The number of piperazine rings is 1. The van der Waals surface area contributed by atoms with Crippen molar-refractivity contribution in [1.82, 2.24) is 9.80 Å². The number of para-hydroxylation sites is 1. The first kappa shape index (κ1) is 19.6. The predicted molar refractivity (Wildman–Crippen MR) is 113 cm³/mol. The zero-order valence-electron chi connectivity index (χ0n) is 15.6. The maximum Gasteiger partial charge on any atom is 0.237 e. The number of carbonyl (C=O) groups excluding carboxylic acids is 1. The van der Waals surface area contributed by atoms with Crippen LogP contribution in [0.5, 0.6) is 0 Å². The van der Waals surface area contributed by atoms with Crippen LogP contribution < -0.4 is 4.90 Å². The maximum atomic E-state index is 14.2. The van der Waals surface area contributed by atoms with Gasteiger partial charge in [0.2, 0.25) is 5.91 Å². The summed E-state index contributed by atoms with van der Waals surface area (Å²) < 4.78 is 14.2. The summed E-state index contributed by atoms with van der Waals surface area (Å²) in [5.41, 5.74) is 1.65. The van der Waals surface area contributed by atoms with E-state index in [0.717, 1.165) is 42.6 Å². The lowest BCUT2D eigenvalue weighted by molar-refractivity contribution is -0.132. The summed E-state index contributed by atoms with van der Waals surface area (Å²) >= 11 is 7.93. The molecule has 2 aromatic rings. The molecule has 28 heavy (non-hydrogen) atoms. The molecule has 1 amide bonds. The van der Waals surface area contributed by atoms with Gasteiger partial charge in [0, 0.05) is 44.0 Å². The Morgan fingerprint density at radius 2 is 1.75 bits per heavy atom. The van der Waals surface area contributed by atoms with E-state index in [1.165, 1.54) is 6.07 Å². The summed E-state index contributed by atoms with van der Waals surface area (Å²) in [7, 11) is 0. The topological polar surface area (TPSA) is 26.8 Å². The average molecular weight is 420 g/mol. The molecule has 0 unspecified atom stereocenters. The van der Waals surface area contributed by atoms with Gasteiger partial charge in [0.05, 0.1) is 17.3 Å². The number of hydrogen-bond acceptors (Lipinski definition) is 4. The Morgan fingerprint density at radius 3 is 2.50 bits per heavy atom. The highest BCUT2D eigenvalue weighted by Gasteiger charge is 2.33. The molecule has 148 valence electrons. The van der Waals surface area contributed by atoms with E-state index in [4.69, 9.17) is 11.6 Å². The van der Waals surface area contributed by atoms with Gasteiger partial charge in [-0.1, -0.05) is 41.9 Å². The number of hydrogen-bond donors (Lipinski definition) is 0. The summed E-state index contributed by atoms with van der Waals surface area (Å²) in [6.45, 7) is 4.33. The number of amides is 1. The lowest BCUT2D eigenvalue weighted by Crippen LogP contribution is -2.50. The second-order valence-corrected chi connectivity index (χ2v) is 8.64. The van der Waals surface area contributed by atoms with Crippen molar-refractivity contribution in [2.45, 2.75) is 5.37 Å². The molecule has 2 aliphatic rings. The van der Waals surface area contributed by atoms with Gasteiger partial charge >= 0.3 is 0 Å². The van der Waals surface area contributed by atoms with Gasteiger partial charge in [-0.2, -0.15) is 0 Å². The molecule has 4 rings (SSSR count). The van der Waals surface area contributed by atoms with E-state index >= 15 is 0 Å². The minimum atomic E-state index is -0.243. The third kappa shape index (κ3) is 4.14. The second-order valence-electron chi connectivity index (χ2n) is 7.05. The van der Waals surface area contributed by atoms with Crippen LogP contribution in [-0.2, 0) is 4.79 Å². The minimum absolute atomic E-state index is 0.0736. The van der Waals surface area contributed by atoms with Crippen LogP contribution in [0.2, 0.25) is 5.02 Å².